The first-order valence-corrected chi connectivity index (χ1v) is 5.52. The van der Waals surface area contributed by atoms with Crippen LogP contribution in [0.25, 0.3) is 0 Å². The number of hydrogen-bond donors (Lipinski definition) is 2. The standard InChI is InChI=1S/C10H14F3NO4/c11-10(12,13)4-1-5-14-8(15)6-2-3-7(18-6)9(16)17/h6-7H,1-5H2,(H,14,15)(H,16,17)/t6-,7-/m0/s1. The number of carbonyl (C=O) groups is 2. The largest absolute Gasteiger partial charge is 0.479 e. The molecule has 2 atom stereocenters. The van der Waals surface area contributed by atoms with Gasteiger partial charge in [-0.3, -0.25) is 4.79 Å². The summed E-state index contributed by atoms with van der Waals surface area (Å²) in [6.45, 7) is -0.101. The molecule has 1 aliphatic rings. The van der Waals surface area contributed by atoms with Crippen molar-refractivity contribution in [3.8, 4) is 0 Å². The molecule has 8 heteroatoms. The number of carbonyl (C=O) groups excluding carboxylic acids is 1. The summed E-state index contributed by atoms with van der Waals surface area (Å²) in [5, 5.41) is 10.9. The first-order chi connectivity index (χ1) is 8.29. The zero-order valence-corrected chi connectivity index (χ0v) is 9.50. The number of ether oxygens (including phenoxy) is 1. The van der Waals surface area contributed by atoms with Gasteiger partial charge in [0.15, 0.2) is 6.10 Å². The first-order valence-electron chi connectivity index (χ1n) is 5.52. The Balaban J connectivity index is 2.20. The van der Waals surface area contributed by atoms with Gasteiger partial charge < -0.3 is 15.2 Å². The highest BCUT2D eigenvalue weighted by Crippen LogP contribution is 2.21. The minimum atomic E-state index is -4.23. The molecule has 1 fully saturated rings. The topological polar surface area (TPSA) is 75.6 Å². The van der Waals surface area contributed by atoms with E-state index >= 15 is 0 Å². The van der Waals surface area contributed by atoms with E-state index in [4.69, 9.17) is 9.84 Å². The summed E-state index contributed by atoms with van der Waals surface area (Å²) in [7, 11) is 0. The highest BCUT2D eigenvalue weighted by atomic mass is 19.4. The molecule has 1 rings (SSSR count). The van der Waals surface area contributed by atoms with Crippen molar-refractivity contribution in [3.05, 3.63) is 0 Å². The summed E-state index contributed by atoms with van der Waals surface area (Å²) in [4.78, 5) is 22.0. The zero-order valence-electron chi connectivity index (χ0n) is 9.50. The van der Waals surface area contributed by atoms with Crippen molar-refractivity contribution in [1.82, 2.24) is 5.32 Å². The molecule has 0 unspecified atom stereocenters. The van der Waals surface area contributed by atoms with Gasteiger partial charge in [-0.15, -0.1) is 0 Å². The highest BCUT2D eigenvalue weighted by Gasteiger charge is 2.34. The molecular weight excluding hydrogens is 255 g/mol. The molecule has 0 aromatic carbocycles. The predicted octanol–water partition coefficient (Wildman–Crippen LogP) is 1.08. The zero-order chi connectivity index (χ0) is 13.8. The molecule has 0 aromatic rings. The van der Waals surface area contributed by atoms with E-state index in [2.05, 4.69) is 5.32 Å². The van der Waals surface area contributed by atoms with Gasteiger partial charge >= 0.3 is 12.1 Å². The van der Waals surface area contributed by atoms with Crippen molar-refractivity contribution in [2.45, 2.75) is 44.1 Å². The van der Waals surface area contributed by atoms with E-state index in [0.29, 0.717) is 0 Å². The molecule has 5 nitrogen and oxygen atoms in total. The third-order valence-electron chi connectivity index (χ3n) is 2.52. The maximum absolute atomic E-state index is 11.8. The first kappa shape index (κ1) is 14.7. The van der Waals surface area contributed by atoms with Crippen LogP contribution in [0.3, 0.4) is 0 Å². The molecule has 18 heavy (non-hydrogen) atoms. The van der Waals surface area contributed by atoms with Crippen molar-refractivity contribution in [2.24, 2.45) is 0 Å². The van der Waals surface area contributed by atoms with Gasteiger partial charge in [0.25, 0.3) is 0 Å². The Labute approximate surface area is 101 Å². The Morgan fingerprint density at radius 3 is 2.39 bits per heavy atom. The summed E-state index contributed by atoms with van der Waals surface area (Å²) in [5.74, 6) is -1.69. The van der Waals surface area contributed by atoms with Crippen LogP contribution >= 0.6 is 0 Å². The van der Waals surface area contributed by atoms with E-state index < -0.39 is 36.7 Å². The molecule has 1 heterocycles. The van der Waals surface area contributed by atoms with Gasteiger partial charge in [-0.25, -0.2) is 4.79 Å². The predicted molar refractivity (Wildman–Crippen MR) is 53.8 cm³/mol. The van der Waals surface area contributed by atoms with Gasteiger partial charge in [-0.05, 0) is 19.3 Å². The molecular formula is C10H14F3NO4. The summed E-state index contributed by atoms with van der Waals surface area (Å²) in [6, 6.07) is 0. The lowest BCUT2D eigenvalue weighted by Crippen LogP contribution is -2.36. The van der Waals surface area contributed by atoms with Crippen LogP contribution in [0.4, 0.5) is 13.2 Å². The van der Waals surface area contributed by atoms with Gasteiger partial charge in [0.05, 0.1) is 0 Å². The van der Waals surface area contributed by atoms with Crippen LogP contribution < -0.4 is 5.32 Å². The van der Waals surface area contributed by atoms with Crippen LogP contribution in [0.5, 0.6) is 0 Å². The maximum atomic E-state index is 11.8. The van der Waals surface area contributed by atoms with Crippen LogP contribution in [0, 0.1) is 0 Å². The molecule has 0 bridgehead atoms. The number of amides is 1. The summed E-state index contributed by atoms with van der Waals surface area (Å²) in [6.07, 6.45) is -6.78. The van der Waals surface area contributed by atoms with E-state index in [1.807, 2.05) is 0 Å². The fourth-order valence-electron chi connectivity index (χ4n) is 1.63. The van der Waals surface area contributed by atoms with E-state index in [9.17, 15) is 22.8 Å². The van der Waals surface area contributed by atoms with Crippen LogP contribution in [0.1, 0.15) is 25.7 Å². The molecule has 0 aromatic heterocycles. The van der Waals surface area contributed by atoms with Crippen molar-refractivity contribution < 1.29 is 32.6 Å². The van der Waals surface area contributed by atoms with E-state index in [1.54, 1.807) is 0 Å². The van der Waals surface area contributed by atoms with Gasteiger partial charge in [-0.2, -0.15) is 13.2 Å². The van der Waals surface area contributed by atoms with Gasteiger partial charge in [0.1, 0.15) is 6.10 Å². The van der Waals surface area contributed by atoms with Crippen molar-refractivity contribution >= 4 is 11.9 Å². The number of aliphatic carboxylic acids is 1. The van der Waals surface area contributed by atoms with Crippen LogP contribution in [0.2, 0.25) is 0 Å². The van der Waals surface area contributed by atoms with E-state index in [1.165, 1.54) is 0 Å². The lowest BCUT2D eigenvalue weighted by molar-refractivity contribution is -0.152. The minimum absolute atomic E-state index is 0.101. The van der Waals surface area contributed by atoms with Gasteiger partial charge in [0, 0.05) is 13.0 Å². The van der Waals surface area contributed by atoms with Gasteiger partial charge in [0.2, 0.25) is 5.91 Å². The number of halogens is 3. The fraction of sp³-hybridized carbons (Fsp3) is 0.800. The lowest BCUT2D eigenvalue weighted by atomic mass is 10.2. The molecule has 2 N–H and O–H groups in total. The second-order valence-electron chi connectivity index (χ2n) is 4.04. The normalized spacial score (nSPS) is 23.9. The second-order valence-corrected chi connectivity index (χ2v) is 4.04. The average molecular weight is 269 g/mol. The number of alkyl halides is 3. The Kier molecular flexibility index (Phi) is 4.94. The van der Waals surface area contributed by atoms with Crippen LogP contribution in [-0.2, 0) is 14.3 Å². The second kappa shape index (κ2) is 6.03. The van der Waals surface area contributed by atoms with Crippen molar-refractivity contribution in [2.75, 3.05) is 6.54 Å². The Morgan fingerprint density at radius 1 is 1.28 bits per heavy atom. The lowest BCUT2D eigenvalue weighted by Gasteiger charge is -2.12. The molecule has 0 saturated carbocycles. The number of carboxylic acid groups (broad SMARTS) is 1. The smallest absolute Gasteiger partial charge is 0.389 e. The molecule has 0 spiro atoms. The molecule has 104 valence electrons. The molecule has 1 aliphatic heterocycles. The number of carboxylic acids is 1. The molecule has 0 radical (unpaired) electrons. The Hall–Kier alpha value is -1.31. The highest BCUT2D eigenvalue weighted by molar-refractivity contribution is 5.82. The van der Waals surface area contributed by atoms with E-state index in [-0.39, 0.29) is 25.8 Å². The molecule has 1 amide bonds. The number of nitrogens with one attached hydrogen (secondary N) is 1. The quantitative estimate of drug-likeness (QED) is 0.732. The molecule has 1 saturated heterocycles. The number of hydrogen-bond acceptors (Lipinski definition) is 3. The van der Waals surface area contributed by atoms with E-state index in [0.717, 1.165) is 0 Å². The Morgan fingerprint density at radius 2 is 1.89 bits per heavy atom. The third kappa shape index (κ3) is 4.91. The van der Waals surface area contributed by atoms with Crippen molar-refractivity contribution in [3.63, 3.8) is 0 Å². The third-order valence-corrected chi connectivity index (χ3v) is 2.52. The summed E-state index contributed by atoms with van der Waals surface area (Å²) in [5.41, 5.74) is 0. The van der Waals surface area contributed by atoms with Crippen LogP contribution in [0.15, 0.2) is 0 Å². The maximum Gasteiger partial charge on any atom is 0.389 e. The minimum Gasteiger partial charge on any atom is -0.479 e. The Bertz CT molecular complexity index is 319. The summed E-state index contributed by atoms with van der Waals surface area (Å²) < 4.78 is 40.4. The summed E-state index contributed by atoms with van der Waals surface area (Å²) >= 11 is 0. The SMILES string of the molecule is O=C(O)[C@@H]1CC[C@@H](C(=O)NCCCC(F)(F)F)O1. The molecule has 0 aliphatic carbocycles. The average Bonchev–Trinajstić information content (AvgIpc) is 2.72. The number of rotatable bonds is 5. The van der Waals surface area contributed by atoms with Crippen molar-refractivity contribution in [1.29, 1.82) is 0 Å². The fourth-order valence-corrected chi connectivity index (χ4v) is 1.63. The monoisotopic (exact) mass is 269 g/mol. The van der Waals surface area contributed by atoms with Crippen LogP contribution in [-0.4, -0.2) is 41.9 Å². The van der Waals surface area contributed by atoms with Gasteiger partial charge in [-0.1, -0.05) is 0 Å².